The van der Waals surface area contributed by atoms with Crippen LogP contribution >= 0.6 is 6.83 Å². The fourth-order valence-electron chi connectivity index (χ4n) is 4.54. The summed E-state index contributed by atoms with van der Waals surface area (Å²) in [5.74, 6) is 0. The Kier molecular flexibility index (Phi) is 10.1. The average molecular weight is 469 g/mol. The third-order valence-electron chi connectivity index (χ3n) is 5.97. The molecular formula is C28H37O4P. The molecule has 0 N–H and O–H groups in total. The van der Waals surface area contributed by atoms with Gasteiger partial charge in [0.25, 0.3) is 0 Å². The molecule has 33 heavy (non-hydrogen) atoms. The molecule has 0 unspecified atom stereocenters. The van der Waals surface area contributed by atoms with Crippen molar-refractivity contribution in [1.29, 1.82) is 0 Å². The third-order valence-corrected chi connectivity index (χ3v) is 12.2. The van der Waals surface area contributed by atoms with Crippen LogP contribution in [-0.4, -0.2) is 52.9 Å². The first-order valence-corrected chi connectivity index (χ1v) is 14.1. The van der Waals surface area contributed by atoms with E-state index < -0.39 is 6.83 Å². The molecule has 0 fully saturated rings. The molecule has 0 aliphatic heterocycles. The predicted molar refractivity (Wildman–Crippen MR) is 140 cm³/mol. The SMILES string of the molecule is CCCP(OCCOCCOCCOC)(c1ccccc1)(c1ccccc1)c1ccccc1. The van der Waals surface area contributed by atoms with Gasteiger partial charge in [-0.25, -0.2) is 0 Å². The van der Waals surface area contributed by atoms with Crippen LogP contribution in [0, 0.1) is 0 Å². The van der Waals surface area contributed by atoms with Crippen molar-refractivity contribution in [3.63, 3.8) is 0 Å². The van der Waals surface area contributed by atoms with E-state index >= 15 is 0 Å². The summed E-state index contributed by atoms with van der Waals surface area (Å²) in [6.45, 7) is 2.34. The molecule has 3 aromatic carbocycles. The fraction of sp³-hybridized carbons (Fsp3) is 0.357. The molecule has 3 aromatic rings. The third kappa shape index (κ3) is 5.71. The van der Waals surface area contributed by atoms with Crippen molar-refractivity contribution in [2.24, 2.45) is 0 Å². The summed E-state index contributed by atoms with van der Waals surface area (Å²) in [4.78, 5) is 0. The summed E-state index contributed by atoms with van der Waals surface area (Å²) in [5.41, 5.74) is 0. The molecule has 0 heterocycles. The Labute approximate surface area is 198 Å². The number of rotatable bonds is 15. The normalized spacial score (nSPS) is 12.8. The van der Waals surface area contributed by atoms with E-state index in [1.807, 2.05) is 0 Å². The van der Waals surface area contributed by atoms with E-state index in [2.05, 4.69) is 97.9 Å². The van der Waals surface area contributed by atoms with Crippen molar-refractivity contribution in [2.45, 2.75) is 13.3 Å². The number of ether oxygens (including phenoxy) is 3. The summed E-state index contributed by atoms with van der Waals surface area (Å²) in [5, 5.41) is 3.77. The Balaban J connectivity index is 1.95. The quantitative estimate of drug-likeness (QED) is 0.243. The van der Waals surface area contributed by atoms with Crippen LogP contribution in [0.4, 0.5) is 0 Å². The van der Waals surface area contributed by atoms with Gasteiger partial charge >= 0.3 is 199 Å². The number of methoxy groups -OCH3 is 1. The van der Waals surface area contributed by atoms with E-state index in [1.54, 1.807) is 7.11 Å². The molecule has 3 rings (SSSR count). The topological polar surface area (TPSA) is 36.9 Å². The van der Waals surface area contributed by atoms with Crippen LogP contribution in [0.25, 0.3) is 0 Å². The second-order valence-electron chi connectivity index (χ2n) is 7.99. The van der Waals surface area contributed by atoms with Crippen LogP contribution in [0.3, 0.4) is 0 Å². The van der Waals surface area contributed by atoms with Gasteiger partial charge in [0.05, 0.1) is 0 Å². The number of benzene rings is 3. The van der Waals surface area contributed by atoms with Gasteiger partial charge in [0.1, 0.15) is 0 Å². The van der Waals surface area contributed by atoms with E-state index in [4.69, 9.17) is 18.7 Å². The van der Waals surface area contributed by atoms with Gasteiger partial charge in [0.15, 0.2) is 0 Å². The molecule has 5 heteroatoms. The van der Waals surface area contributed by atoms with Gasteiger partial charge < -0.3 is 0 Å². The molecule has 0 aliphatic carbocycles. The summed E-state index contributed by atoms with van der Waals surface area (Å²) in [6, 6.07) is 32.3. The summed E-state index contributed by atoms with van der Waals surface area (Å²) >= 11 is 0. The summed E-state index contributed by atoms with van der Waals surface area (Å²) in [7, 11) is 1.67. The zero-order valence-corrected chi connectivity index (χ0v) is 20.8. The van der Waals surface area contributed by atoms with E-state index in [0.717, 1.165) is 12.6 Å². The van der Waals surface area contributed by atoms with Crippen molar-refractivity contribution in [3.05, 3.63) is 91.0 Å². The zero-order valence-electron chi connectivity index (χ0n) is 19.9. The number of hydrogen-bond acceptors (Lipinski definition) is 4. The van der Waals surface area contributed by atoms with Gasteiger partial charge in [-0.3, -0.25) is 0 Å². The molecule has 0 radical (unpaired) electrons. The maximum absolute atomic E-state index is 7.21. The van der Waals surface area contributed by atoms with E-state index in [-0.39, 0.29) is 0 Å². The first kappa shape index (κ1) is 25.6. The summed E-state index contributed by atoms with van der Waals surface area (Å²) < 4.78 is 23.6. The molecule has 0 amide bonds. The predicted octanol–water partition coefficient (Wildman–Crippen LogP) is 4.54. The Morgan fingerprint density at radius 2 is 0.939 bits per heavy atom. The maximum atomic E-state index is 7.21. The molecule has 0 aromatic heterocycles. The van der Waals surface area contributed by atoms with Gasteiger partial charge in [-0.15, -0.1) is 0 Å². The van der Waals surface area contributed by atoms with Crippen LogP contribution < -0.4 is 15.9 Å². The fourth-order valence-corrected chi connectivity index (χ4v) is 10.5. The van der Waals surface area contributed by atoms with Gasteiger partial charge in [0, 0.05) is 0 Å². The Morgan fingerprint density at radius 3 is 1.33 bits per heavy atom. The first-order valence-electron chi connectivity index (χ1n) is 11.7. The molecule has 0 aliphatic rings. The van der Waals surface area contributed by atoms with E-state index in [9.17, 15) is 0 Å². The molecule has 0 saturated heterocycles. The molecule has 0 saturated carbocycles. The second-order valence-corrected chi connectivity index (χ2v) is 12.7. The Morgan fingerprint density at radius 1 is 0.545 bits per heavy atom. The van der Waals surface area contributed by atoms with Crippen molar-refractivity contribution < 1.29 is 18.7 Å². The van der Waals surface area contributed by atoms with Gasteiger partial charge in [-0.1, -0.05) is 0 Å². The van der Waals surface area contributed by atoms with Gasteiger partial charge in [-0.2, -0.15) is 0 Å². The van der Waals surface area contributed by atoms with Crippen LogP contribution in [0.5, 0.6) is 0 Å². The number of hydrogen-bond donors (Lipinski definition) is 0. The van der Waals surface area contributed by atoms with Crippen molar-refractivity contribution in [2.75, 3.05) is 52.9 Å². The van der Waals surface area contributed by atoms with Crippen LogP contribution in [0.1, 0.15) is 13.3 Å². The molecule has 178 valence electrons. The second kappa shape index (κ2) is 13.0. The molecular weight excluding hydrogens is 431 g/mol. The van der Waals surface area contributed by atoms with E-state index in [1.165, 1.54) is 15.9 Å². The van der Waals surface area contributed by atoms with Crippen LogP contribution in [0.2, 0.25) is 0 Å². The summed E-state index contributed by atoms with van der Waals surface area (Å²) in [6.07, 6.45) is 1.94. The molecule has 0 atom stereocenters. The molecule has 4 nitrogen and oxygen atoms in total. The van der Waals surface area contributed by atoms with Crippen LogP contribution in [0.15, 0.2) is 91.0 Å². The van der Waals surface area contributed by atoms with Crippen molar-refractivity contribution in [1.82, 2.24) is 0 Å². The minimum absolute atomic E-state index is 0.509. The van der Waals surface area contributed by atoms with Crippen LogP contribution in [-0.2, 0) is 18.7 Å². The monoisotopic (exact) mass is 468 g/mol. The first-order chi connectivity index (χ1) is 16.3. The molecule has 0 bridgehead atoms. The van der Waals surface area contributed by atoms with E-state index in [0.29, 0.717) is 39.6 Å². The van der Waals surface area contributed by atoms with Gasteiger partial charge in [0.2, 0.25) is 0 Å². The Bertz CT molecular complexity index is 819. The zero-order chi connectivity index (χ0) is 23.3. The van der Waals surface area contributed by atoms with Crippen molar-refractivity contribution in [3.8, 4) is 0 Å². The Hall–Kier alpha value is -2.07. The van der Waals surface area contributed by atoms with Gasteiger partial charge in [-0.05, 0) is 0 Å². The minimum atomic E-state index is -3.21. The average Bonchev–Trinajstić information content (AvgIpc) is 2.89. The van der Waals surface area contributed by atoms with Crippen molar-refractivity contribution >= 4 is 22.7 Å². The molecule has 0 spiro atoms. The standard InChI is InChI=1S/C28H37O4P/c1-3-25-33(26-13-7-4-8-14-26,27-15-9-5-10-16-27,28-17-11-6-12-18-28)32-24-23-31-22-21-30-20-19-29-2/h4-18H,3,19-25H2,1-2H3.